The fourth-order valence-electron chi connectivity index (χ4n) is 4.26. The highest BCUT2D eigenvalue weighted by Crippen LogP contribution is 2.28. The van der Waals surface area contributed by atoms with E-state index in [1.54, 1.807) is 4.90 Å². The highest BCUT2D eigenvalue weighted by molar-refractivity contribution is 9.10. The molecule has 34 heavy (non-hydrogen) atoms. The first-order valence-electron chi connectivity index (χ1n) is 11.5. The number of anilines is 2. The summed E-state index contributed by atoms with van der Waals surface area (Å²) in [5.74, 6) is -0.364. The molecule has 0 spiro atoms. The molecule has 2 aliphatic heterocycles. The molecule has 1 atom stereocenters. The first-order valence-corrected chi connectivity index (χ1v) is 12.7. The molecule has 0 bridgehead atoms. The molecule has 0 radical (unpaired) electrons. The molecule has 7 nitrogen and oxygen atoms in total. The molecule has 2 saturated heterocycles. The Balaban J connectivity index is 1.50. The number of carbonyl (C=O) groups excluding carboxylic acids is 2. The highest BCUT2D eigenvalue weighted by Gasteiger charge is 2.44. The van der Waals surface area contributed by atoms with Crippen LogP contribution in [0, 0.1) is 6.92 Å². The quantitative estimate of drug-likeness (QED) is 0.540. The summed E-state index contributed by atoms with van der Waals surface area (Å²) in [5, 5.41) is 3.37. The summed E-state index contributed by atoms with van der Waals surface area (Å²) < 4.78 is 0.936. The average Bonchev–Trinajstić information content (AvgIpc) is 3.04. The number of aryl methyl sites for hydroxylation is 1. The van der Waals surface area contributed by atoms with Gasteiger partial charge in [-0.15, -0.1) is 0 Å². The van der Waals surface area contributed by atoms with Crippen molar-refractivity contribution in [2.75, 3.05) is 56.5 Å². The Morgan fingerprint density at radius 2 is 1.68 bits per heavy atom. The van der Waals surface area contributed by atoms with E-state index < -0.39 is 6.04 Å². The van der Waals surface area contributed by atoms with E-state index in [0.717, 1.165) is 48.4 Å². The van der Waals surface area contributed by atoms with E-state index in [9.17, 15) is 9.59 Å². The second-order valence-corrected chi connectivity index (χ2v) is 10.2. The fraction of sp³-hybridized carbons (Fsp3) is 0.400. The molecule has 2 aromatic carbocycles. The molecule has 2 aliphatic rings. The monoisotopic (exact) mass is 543 g/mol. The van der Waals surface area contributed by atoms with Crippen LogP contribution in [0.3, 0.4) is 0 Å². The average molecular weight is 545 g/mol. The van der Waals surface area contributed by atoms with Gasteiger partial charge in [0.15, 0.2) is 5.11 Å². The zero-order valence-electron chi connectivity index (χ0n) is 19.5. The Morgan fingerprint density at radius 1 is 1.03 bits per heavy atom. The van der Waals surface area contributed by atoms with Gasteiger partial charge >= 0.3 is 0 Å². The van der Waals surface area contributed by atoms with Crippen LogP contribution in [0.4, 0.5) is 11.4 Å². The maximum Gasteiger partial charge on any atom is 0.256 e. The van der Waals surface area contributed by atoms with Gasteiger partial charge < -0.3 is 15.1 Å². The first-order chi connectivity index (χ1) is 16.3. The number of carbonyl (C=O) groups is 2. The van der Waals surface area contributed by atoms with Crippen molar-refractivity contribution < 1.29 is 9.59 Å². The lowest BCUT2D eigenvalue weighted by atomic mass is 10.1. The van der Waals surface area contributed by atoms with Crippen molar-refractivity contribution in [3.63, 3.8) is 0 Å². The fourth-order valence-corrected chi connectivity index (χ4v) is 4.94. The number of halogens is 1. The SMILES string of the molecule is Cc1ccc(N2C(=O)C(CC(=O)Nc3ccc(Br)cc3)N(CCN3CCN(C)CC3)C2=S)cc1. The van der Waals surface area contributed by atoms with Gasteiger partial charge in [0, 0.05) is 49.4 Å². The molecule has 4 rings (SSSR count). The van der Waals surface area contributed by atoms with Crippen molar-refractivity contribution in [1.82, 2.24) is 14.7 Å². The summed E-state index contributed by atoms with van der Waals surface area (Å²) in [6.45, 7) is 7.44. The van der Waals surface area contributed by atoms with Crippen molar-refractivity contribution >= 4 is 56.4 Å². The summed E-state index contributed by atoms with van der Waals surface area (Å²) in [6, 6.07) is 14.5. The smallest absolute Gasteiger partial charge is 0.256 e. The van der Waals surface area contributed by atoms with E-state index in [1.165, 1.54) is 0 Å². The van der Waals surface area contributed by atoms with E-state index in [4.69, 9.17) is 12.2 Å². The summed E-state index contributed by atoms with van der Waals surface area (Å²) in [7, 11) is 2.13. The van der Waals surface area contributed by atoms with Crippen molar-refractivity contribution in [2.24, 2.45) is 0 Å². The number of nitrogens with zero attached hydrogens (tertiary/aromatic N) is 4. The number of amides is 2. The molecule has 180 valence electrons. The predicted octanol–water partition coefficient (Wildman–Crippen LogP) is 3.34. The van der Waals surface area contributed by atoms with E-state index in [1.807, 2.05) is 60.4 Å². The normalized spacial score (nSPS) is 19.7. The molecule has 2 fully saturated rings. The van der Waals surface area contributed by atoms with E-state index >= 15 is 0 Å². The predicted molar refractivity (Wildman–Crippen MR) is 143 cm³/mol. The highest BCUT2D eigenvalue weighted by atomic mass is 79.9. The minimum Gasteiger partial charge on any atom is -0.335 e. The number of thiocarbonyl (C=S) groups is 1. The third-order valence-corrected chi connectivity index (χ3v) is 7.32. The van der Waals surface area contributed by atoms with Gasteiger partial charge in [-0.05, 0) is 62.6 Å². The standard InChI is InChI=1S/C25H30BrN5O2S/c1-18-3-9-21(10-4-18)31-24(33)22(17-23(32)27-20-7-5-19(26)6-8-20)30(25(31)34)16-15-29-13-11-28(2)12-14-29/h3-10,22H,11-17H2,1-2H3,(H,27,32). The summed E-state index contributed by atoms with van der Waals surface area (Å²) in [6.07, 6.45) is 0.0418. The number of piperazine rings is 1. The number of nitrogens with one attached hydrogen (secondary N) is 1. The Labute approximate surface area is 214 Å². The van der Waals surface area contributed by atoms with Crippen LogP contribution in [0.2, 0.25) is 0 Å². The number of hydrogen-bond acceptors (Lipinski definition) is 5. The van der Waals surface area contributed by atoms with Crippen molar-refractivity contribution in [1.29, 1.82) is 0 Å². The maximum atomic E-state index is 13.5. The zero-order valence-corrected chi connectivity index (χ0v) is 21.9. The summed E-state index contributed by atoms with van der Waals surface area (Å²) >= 11 is 9.18. The molecular formula is C25H30BrN5O2S. The number of hydrogen-bond donors (Lipinski definition) is 1. The molecular weight excluding hydrogens is 514 g/mol. The van der Waals surface area contributed by atoms with Crippen LogP contribution in [-0.4, -0.2) is 84.0 Å². The van der Waals surface area contributed by atoms with Gasteiger partial charge in [-0.2, -0.15) is 0 Å². The minimum absolute atomic E-state index is 0.0418. The largest absolute Gasteiger partial charge is 0.335 e. The second kappa shape index (κ2) is 10.9. The topological polar surface area (TPSA) is 59.1 Å². The molecule has 0 saturated carbocycles. The van der Waals surface area contributed by atoms with Crippen molar-refractivity contribution in [3.8, 4) is 0 Å². The van der Waals surface area contributed by atoms with Crippen molar-refractivity contribution in [2.45, 2.75) is 19.4 Å². The van der Waals surface area contributed by atoms with Gasteiger partial charge in [0.2, 0.25) is 5.91 Å². The summed E-state index contributed by atoms with van der Waals surface area (Å²) in [4.78, 5) is 34.6. The van der Waals surface area contributed by atoms with E-state index in [2.05, 4.69) is 38.1 Å². The third-order valence-electron chi connectivity index (χ3n) is 6.37. The lowest BCUT2D eigenvalue weighted by Crippen LogP contribution is -2.48. The van der Waals surface area contributed by atoms with Crippen LogP contribution in [0.15, 0.2) is 53.0 Å². The first kappa shape index (κ1) is 24.8. The summed E-state index contributed by atoms with van der Waals surface area (Å²) in [5.41, 5.74) is 2.54. The Hall–Kier alpha value is -2.33. The lowest BCUT2D eigenvalue weighted by Gasteiger charge is -2.34. The molecule has 1 N–H and O–H groups in total. The number of likely N-dealkylation sites (N-methyl/N-ethyl adjacent to an activating group) is 1. The maximum absolute atomic E-state index is 13.5. The molecule has 2 aromatic rings. The second-order valence-electron chi connectivity index (χ2n) is 8.91. The van der Waals surface area contributed by atoms with Crippen molar-refractivity contribution in [3.05, 3.63) is 58.6 Å². The van der Waals surface area contributed by atoms with Gasteiger partial charge in [0.25, 0.3) is 5.91 Å². The Kier molecular flexibility index (Phi) is 7.98. The lowest BCUT2D eigenvalue weighted by molar-refractivity contribution is -0.124. The molecule has 0 aliphatic carbocycles. The molecule has 0 aromatic heterocycles. The molecule has 2 amide bonds. The van der Waals surface area contributed by atoms with Crippen LogP contribution in [0.1, 0.15) is 12.0 Å². The molecule has 1 unspecified atom stereocenters. The zero-order chi connectivity index (χ0) is 24.2. The number of benzene rings is 2. The molecule has 9 heteroatoms. The van der Waals surface area contributed by atoms with Crippen LogP contribution in [0.5, 0.6) is 0 Å². The van der Waals surface area contributed by atoms with E-state index in [0.29, 0.717) is 17.3 Å². The van der Waals surface area contributed by atoms with Crippen LogP contribution < -0.4 is 10.2 Å². The van der Waals surface area contributed by atoms with Gasteiger partial charge in [-0.3, -0.25) is 19.4 Å². The minimum atomic E-state index is -0.628. The van der Waals surface area contributed by atoms with Gasteiger partial charge in [0.1, 0.15) is 6.04 Å². The van der Waals surface area contributed by atoms with Gasteiger partial charge in [-0.25, -0.2) is 0 Å². The number of rotatable bonds is 7. The van der Waals surface area contributed by atoms with Crippen LogP contribution in [0.25, 0.3) is 0 Å². The third kappa shape index (κ3) is 5.83. The Morgan fingerprint density at radius 3 is 2.32 bits per heavy atom. The van der Waals surface area contributed by atoms with E-state index in [-0.39, 0.29) is 18.2 Å². The van der Waals surface area contributed by atoms with Gasteiger partial charge in [-0.1, -0.05) is 33.6 Å². The van der Waals surface area contributed by atoms with Crippen LogP contribution in [-0.2, 0) is 9.59 Å². The molecule has 2 heterocycles. The van der Waals surface area contributed by atoms with Crippen LogP contribution >= 0.6 is 28.1 Å². The van der Waals surface area contributed by atoms with Gasteiger partial charge in [0.05, 0.1) is 12.1 Å². The Bertz CT molecular complexity index is 1040.